The number of aryl methyl sites for hydroxylation is 1. The van der Waals surface area contributed by atoms with E-state index in [1.165, 1.54) is 12.1 Å². The van der Waals surface area contributed by atoms with Gasteiger partial charge in [0, 0.05) is 23.0 Å². The van der Waals surface area contributed by atoms with Crippen LogP contribution in [0.15, 0.2) is 48.7 Å². The fourth-order valence-corrected chi connectivity index (χ4v) is 2.27. The standard InChI is InChI=1S/C16H14FN3/c1-10-7-11(17)9-12(8-10)20-15-5-6-19-16-13(15)3-2-4-14(16)18/h2-9H,18H2,1H3,(H,19,20). The Morgan fingerprint density at radius 3 is 2.80 bits per heavy atom. The van der Waals surface area contributed by atoms with Gasteiger partial charge in [0.15, 0.2) is 0 Å². The lowest BCUT2D eigenvalue weighted by molar-refractivity contribution is 0.627. The third kappa shape index (κ3) is 2.28. The van der Waals surface area contributed by atoms with Crippen molar-refractivity contribution in [3.8, 4) is 0 Å². The molecule has 0 atom stereocenters. The van der Waals surface area contributed by atoms with Crippen molar-refractivity contribution in [1.82, 2.24) is 4.98 Å². The summed E-state index contributed by atoms with van der Waals surface area (Å²) in [6.07, 6.45) is 1.69. The first-order chi connectivity index (χ1) is 9.63. The van der Waals surface area contributed by atoms with Crippen LogP contribution in [0, 0.1) is 12.7 Å². The summed E-state index contributed by atoms with van der Waals surface area (Å²) < 4.78 is 13.4. The molecule has 0 aliphatic carbocycles. The number of hydrogen-bond donors (Lipinski definition) is 2. The van der Waals surface area contributed by atoms with E-state index in [1.807, 2.05) is 37.3 Å². The smallest absolute Gasteiger partial charge is 0.125 e. The normalized spacial score (nSPS) is 10.7. The number of aromatic nitrogens is 1. The molecule has 1 aromatic heterocycles. The number of rotatable bonds is 2. The predicted molar refractivity (Wildman–Crippen MR) is 80.6 cm³/mol. The highest BCUT2D eigenvalue weighted by Crippen LogP contribution is 2.28. The van der Waals surface area contributed by atoms with E-state index in [4.69, 9.17) is 5.73 Å². The van der Waals surface area contributed by atoms with E-state index >= 15 is 0 Å². The van der Waals surface area contributed by atoms with Crippen molar-refractivity contribution in [2.45, 2.75) is 6.92 Å². The van der Waals surface area contributed by atoms with E-state index in [-0.39, 0.29) is 5.82 Å². The Morgan fingerprint density at radius 2 is 2.00 bits per heavy atom. The van der Waals surface area contributed by atoms with Crippen LogP contribution in [-0.4, -0.2) is 4.98 Å². The van der Waals surface area contributed by atoms with Gasteiger partial charge >= 0.3 is 0 Å². The Balaban J connectivity index is 2.09. The van der Waals surface area contributed by atoms with E-state index < -0.39 is 0 Å². The molecule has 1 heterocycles. The first-order valence-electron chi connectivity index (χ1n) is 6.31. The highest BCUT2D eigenvalue weighted by atomic mass is 19.1. The number of nitrogens with zero attached hydrogens (tertiary/aromatic N) is 1. The minimum Gasteiger partial charge on any atom is -0.397 e. The summed E-state index contributed by atoms with van der Waals surface area (Å²) in [5.74, 6) is -0.259. The van der Waals surface area contributed by atoms with E-state index in [2.05, 4.69) is 10.3 Å². The van der Waals surface area contributed by atoms with Gasteiger partial charge in [-0.2, -0.15) is 0 Å². The lowest BCUT2D eigenvalue weighted by Gasteiger charge is -2.11. The zero-order chi connectivity index (χ0) is 14.1. The molecule has 0 aliphatic heterocycles. The molecule has 0 saturated carbocycles. The first-order valence-corrected chi connectivity index (χ1v) is 6.31. The first kappa shape index (κ1) is 12.4. The number of nitrogen functional groups attached to an aromatic ring is 1. The molecule has 0 amide bonds. The summed E-state index contributed by atoms with van der Waals surface area (Å²) in [5, 5.41) is 4.13. The van der Waals surface area contributed by atoms with Crippen molar-refractivity contribution in [1.29, 1.82) is 0 Å². The maximum absolute atomic E-state index is 13.4. The molecule has 0 radical (unpaired) electrons. The zero-order valence-corrected chi connectivity index (χ0v) is 11.0. The number of nitrogens with two attached hydrogens (primary N) is 1. The number of halogens is 1. The summed E-state index contributed by atoms with van der Waals surface area (Å²) in [6, 6.07) is 12.3. The van der Waals surface area contributed by atoms with Crippen molar-refractivity contribution in [2.75, 3.05) is 11.1 Å². The molecule has 0 fully saturated rings. The lowest BCUT2D eigenvalue weighted by Crippen LogP contribution is -1.96. The average Bonchev–Trinajstić information content (AvgIpc) is 2.39. The molecule has 3 aromatic rings. The molecule has 0 saturated heterocycles. The van der Waals surface area contributed by atoms with Crippen LogP contribution in [0.1, 0.15) is 5.56 Å². The van der Waals surface area contributed by atoms with Crippen molar-refractivity contribution < 1.29 is 4.39 Å². The maximum Gasteiger partial charge on any atom is 0.125 e. The minimum absolute atomic E-state index is 0.259. The Labute approximate surface area is 116 Å². The van der Waals surface area contributed by atoms with E-state index in [0.29, 0.717) is 11.4 Å². The van der Waals surface area contributed by atoms with Crippen molar-refractivity contribution in [3.63, 3.8) is 0 Å². The molecule has 100 valence electrons. The summed E-state index contributed by atoms with van der Waals surface area (Å²) in [7, 11) is 0. The van der Waals surface area contributed by atoms with Gasteiger partial charge in [0.2, 0.25) is 0 Å². The summed E-state index contributed by atoms with van der Waals surface area (Å²) in [6.45, 7) is 1.86. The topological polar surface area (TPSA) is 50.9 Å². The van der Waals surface area contributed by atoms with Crippen molar-refractivity contribution in [3.05, 3.63) is 60.0 Å². The quantitative estimate of drug-likeness (QED) is 0.690. The Hall–Kier alpha value is -2.62. The number of hydrogen-bond acceptors (Lipinski definition) is 3. The third-order valence-electron chi connectivity index (χ3n) is 3.12. The van der Waals surface area contributed by atoms with Gasteiger partial charge < -0.3 is 11.1 Å². The fraction of sp³-hybridized carbons (Fsp3) is 0.0625. The molecule has 0 spiro atoms. The molecule has 0 aliphatic rings. The second kappa shape index (κ2) is 4.81. The van der Waals surface area contributed by atoms with Crippen LogP contribution in [0.2, 0.25) is 0 Å². The third-order valence-corrected chi connectivity index (χ3v) is 3.12. The highest BCUT2D eigenvalue weighted by molar-refractivity contribution is 5.98. The average molecular weight is 267 g/mol. The molecular formula is C16H14FN3. The van der Waals surface area contributed by atoms with Crippen LogP contribution < -0.4 is 11.1 Å². The second-order valence-corrected chi connectivity index (χ2v) is 4.74. The van der Waals surface area contributed by atoms with E-state index in [0.717, 1.165) is 22.2 Å². The number of benzene rings is 2. The Bertz CT molecular complexity index is 764. The zero-order valence-electron chi connectivity index (χ0n) is 11.0. The van der Waals surface area contributed by atoms with Crippen LogP contribution in [0.5, 0.6) is 0 Å². The number of pyridine rings is 1. The Kier molecular flexibility index (Phi) is 2.99. The molecular weight excluding hydrogens is 253 g/mol. The molecule has 4 heteroatoms. The van der Waals surface area contributed by atoms with E-state index in [9.17, 15) is 4.39 Å². The SMILES string of the molecule is Cc1cc(F)cc(Nc2ccnc3c(N)cccc23)c1. The molecule has 0 unspecified atom stereocenters. The van der Waals surface area contributed by atoms with Gasteiger partial charge in [0.25, 0.3) is 0 Å². The molecule has 3 rings (SSSR count). The summed E-state index contributed by atoms with van der Waals surface area (Å²) >= 11 is 0. The van der Waals surface area contributed by atoms with E-state index in [1.54, 1.807) is 6.20 Å². The predicted octanol–water partition coefficient (Wildman–Crippen LogP) is 4.01. The lowest BCUT2D eigenvalue weighted by atomic mass is 10.1. The number of anilines is 3. The summed E-state index contributed by atoms with van der Waals surface area (Å²) in [5.41, 5.74) is 9.71. The summed E-state index contributed by atoms with van der Waals surface area (Å²) in [4.78, 5) is 4.28. The van der Waals surface area contributed by atoms with Crippen LogP contribution in [-0.2, 0) is 0 Å². The minimum atomic E-state index is -0.259. The fourth-order valence-electron chi connectivity index (χ4n) is 2.27. The van der Waals surface area contributed by atoms with Gasteiger partial charge in [-0.25, -0.2) is 4.39 Å². The van der Waals surface area contributed by atoms with Crippen molar-refractivity contribution in [2.24, 2.45) is 0 Å². The van der Waals surface area contributed by atoms with Gasteiger partial charge in [0.05, 0.1) is 11.2 Å². The number of fused-ring (bicyclic) bond motifs is 1. The second-order valence-electron chi connectivity index (χ2n) is 4.74. The molecule has 20 heavy (non-hydrogen) atoms. The molecule has 3 nitrogen and oxygen atoms in total. The number of nitrogens with one attached hydrogen (secondary N) is 1. The van der Waals surface area contributed by atoms with Crippen LogP contribution in [0.4, 0.5) is 21.5 Å². The monoisotopic (exact) mass is 267 g/mol. The van der Waals surface area contributed by atoms with Gasteiger partial charge in [-0.15, -0.1) is 0 Å². The molecule has 3 N–H and O–H groups in total. The Morgan fingerprint density at radius 1 is 1.15 bits per heavy atom. The van der Waals surface area contributed by atoms with Crippen molar-refractivity contribution >= 4 is 28.0 Å². The largest absolute Gasteiger partial charge is 0.397 e. The number of para-hydroxylation sites is 1. The van der Waals surface area contributed by atoms with Gasteiger partial charge in [-0.1, -0.05) is 12.1 Å². The molecule has 2 aromatic carbocycles. The van der Waals surface area contributed by atoms with Gasteiger partial charge in [-0.05, 0) is 42.8 Å². The van der Waals surface area contributed by atoms with Crippen LogP contribution in [0.25, 0.3) is 10.9 Å². The molecule has 0 bridgehead atoms. The van der Waals surface area contributed by atoms with Gasteiger partial charge in [0.1, 0.15) is 5.82 Å². The van der Waals surface area contributed by atoms with Crippen LogP contribution in [0.3, 0.4) is 0 Å². The highest BCUT2D eigenvalue weighted by Gasteiger charge is 2.05. The maximum atomic E-state index is 13.4. The van der Waals surface area contributed by atoms with Gasteiger partial charge in [-0.3, -0.25) is 4.98 Å². The van der Waals surface area contributed by atoms with Crippen LogP contribution >= 0.6 is 0 Å².